The van der Waals surface area contributed by atoms with Crippen LogP contribution in [0.2, 0.25) is 5.02 Å². The molecule has 0 fully saturated rings. The first-order valence-corrected chi connectivity index (χ1v) is 11.9. The van der Waals surface area contributed by atoms with E-state index in [9.17, 15) is 13.2 Å². The first kappa shape index (κ1) is 22.2. The second kappa shape index (κ2) is 10.5. The number of nitrogens with one attached hydrogen (secondary N) is 2. The van der Waals surface area contributed by atoms with Gasteiger partial charge in [0.1, 0.15) is 6.54 Å². The zero-order chi connectivity index (χ0) is 21.4. The number of carbonyl (C=O) groups excluding carboxylic acids is 1. The van der Waals surface area contributed by atoms with Crippen LogP contribution in [0.3, 0.4) is 0 Å². The highest BCUT2D eigenvalue weighted by Crippen LogP contribution is 2.26. The third-order valence-corrected chi connectivity index (χ3v) is 6.89. The standard InChI is InChI=1S/C22H26ClN3O3S/c23-18-10-9-13-20(16-18)26(30(28,29)21-14-7-4-8-15-21)17-22(27)25-24-19-11-5-2-1-3-6-12-19/h4,7-11,13-16,24H,1-3,5-6,12,17H2,(H,25,27)/b19-11+. The molecule has 0 unspecified atom stereocenters. The molecule has 0 heterocycles. The molecule has 3 rings (SSSR count). The van der Waals surface area contributed by atoms with Crippen LogP contribution in [0.4, 0.5) is 5.69 Å². The van der Waals surface area contributed by atoms with Gasteiger partial charge in [-0.05, 0) is 56.0 Å². The summed E-state index contributed by atoms with van der Waals surface area (Å²) >= 11 is 6.07. The number of benzene rings is 2. The van der Waals surface area contributed by atoms with Crippen molar-refractivity contribution in [2.75, 3.05) is 10.8 Å². The van der Waals surface area contributed by atoms with Crippen molar-refractivity contribution in [3.63, 3.8) is 0 Å². The van der Waals surface area contributed by atoms with Crippen molar-refractivity contribution in [3.8, 4) is 0 Å². The monoisotopic (exact) mass is 447 g/mol. The quantitative estimate of drug-likeness (QED) is 0.617. The molecule has 1 aliphatic carbocycles. The van der Waals surface area contributed by atoms with Gasteiger partial charge in [-0.3, -0.25) is 14.5 Å². The Balaban J connectivity index is 1.78. The van der Waals surface area contributed by atoms with Gasteiger partial charge < -0.3 is 5.43 Å². The summed E-state index contributed by atoms with van der Waals surface area (Å²) in [6.45, 7) is -0.377. The van der Waals surface area contributed by atoms with Gasteiger partial charge in [-0.2, -0.15) is 0 Å². The first-order chi connectivity index (χ1) is 14.5. The lowest BCUT2D eigenvalue weighted by Crippen LogP contribution is -2.45. The number of hydrogen-bond donors (Lipinski definition) is 2. The maximum absolute atomic E-state index is 13.2. The molecular weight excluding hydrogens is 422 g/mol. The van der Waals surface area contributed by atoms with E-state index in [0.29, 0.717) is 10.7 Å². The van der Waals surface area contributed by atoms with Crippen LogP contribution in [-0.4, -0.2) is 20.9 Å². The smallest absolute Gasteiger partial charge is 0.264 e. The van der Waals surface area contributed by atoms with Crippen molar-refractivity contribution < 1.29 is 13.2 Å². The van der Waals surface area contributed by atoms with Crippen molar-refractivity contribution >= 4 is 33.2 Å². The number of amides is 1. The molecule has 1 aliphatic rings. The second-order valence-corrected chi connectivity index (χ2v) is 9.46. The summed E-state index contributed by atoms with van der Waals surface area (Å²) in [5.74, 6) is -0.461. The molecule has 0 saturated heterocycles. The van der Waals surface area contributed by atoms with Gasteiger partial charge in [-0.15, -0.1) is 0 Å². The van der Waals surface area contributed by atoms with Crippen LogP contribution in [0.25, 0.3) is 0 Å². The number of hydrazine groups is 1. The summed E-state index contributed by atoms with van der Waals surface area (Å²) in [4.78, 5) is 12.8. The molecular formula is C22H26ClN3O3S. The van der Waals surface area contributed by atoms with E-state index in [4.69, 9.17) is 11.6 Å². The molecule has 0 atom stereocenters. The number of carbonyl (C=O) groups is 1. The van der Waals surface area contributed by atoms with E-state index in [0.717, 1.165) is 35.7 Å². The molecule has 6 nitrogen and oxygen atoms in total. The van der Waals surface area contributed by atoms with Crippen molar-refractivity contribution in [2.45, 2.75) is 43.4 Å². The molecule has 8 heteroatoms. The molecule has 1 amide bonds. The number of rotatable bonds is 7. The Morgan fingerprint density at radius 1 is 1.00 bits per heavy atom. The third-order valence-electron chi connectivity index (χ3n) is 4.87. The Morgan fingerprint density at radius 3 is 2.53 bits per heavy atom. The van der Waals surface area contributed by atoms with E-state index in [2.05, 4.69) is 16.9 Å². The molecule has 0 radical (unpaired) electrons. The summed E-state index contributed by atoms with van der Waals surface area (Å²) in [6, 6.07) is 14.5. The lowest BCUT2D eigenvalue weighted by Gasteiger charge is -2.24. The number of allylic oxidation sites excluding steroid dienone is 2. The van der Waals surface area contributed by atoms with E-state index in [1.54, 1.807) is 36.4 Å². The molecule has 0 aliphatic heterocycles. The predicted molar refractivity (Wildman–Crippen MR) is 119 cm³/mol. The van der Waals surface area contributed by atoms with Gasteiger partial charge in [0.2, 0.25) is 0 Å². The number of hydrogen-bond acceptors (Lipinski definition) is 4. The summed E-state index contributed by atoms with van der Waals surface area (Å²) in [7, 11) is -3.95. The number of nitrogens with zero attached hydrogens (tertiary/aromatic N) is 1. The van der Waals surface area contributed by atoms with Crippen molar-refractivity contribution in [3.05, 3.63) is 71.4 Å². The molecule has 0 saturated carbocycles. The Labute approximate surface area is 182 Å². The average molecular weight is 448 g/mol. The van der Waals surface area contributed by atoms with Gasteiger partial charge in [0.25, 0.3) is 15.9 Å². The molecule has 2 N–H and O–H groups in total. The lowest BCUT2D eigenvalue weighted by molar-refractivity contribution is -0.120. The highest BCUT2D eigenvalue weighted by molar-refractivity contribution is 7.92. The van der Waals surface area contributed by atoms with Crippen molar-refractivity contribution in [1.29, 1.82) is 0 Å². The van der Waals surface area contributed by atoms with Gasteiger partial charge in [-0.1, -0.05) is 54.8 Å². The number of halogens is 1. The minimum Gasteiger partial charge on any atom is -0.303 e. The molecule has 2 aromatic rings. The molecule has 0 bridgehead atoms. The first-order valence-electron chi connectivity index (χ1n) is 10.0. The SMILES string of the molecule is O=C(CN(c1cccc(Cl)c1)S(=O)(=O)c1ccccc1)NN/C1=C/CCCCCC1. The van der Waals surface area contributed by atoms with E-state index in [-0.39, 0.29) is 11.4 Å². The van der Waals surface area contributed by atoms with Crippen molar-refractivity contribution in [2.24, 2.45) is 0 Å². The van der Waals surface area contributed by atoms with Crippen LogP contribution in [0.5, 0.6) is 0 Å². The van der Waals surface area contributed by atoms with E-state index in [1.165, 1.54) is 31.0 Å². The highest BCUT2D eigenvalue weighted by atomic mass is 35.5. The second-order valence-electron chi connectivity index (χ2n) is 7.16. The lowest BCUT2D eigenvalue weighted by atomic mass is 10.0. The zero-order valence-electron chi connectivity index (χ0n) is 16.7. The average Bonchev–Trinajstić information content (AvgIpc) is 2.72. The minimum atomic E-state index is -3.95. The van der Waals surface area contributed by atoms with Crippen LogP contribution in [0, 0.1) is 0 Å². The van der Waals surface area contributed by atoms with Gasteiger partial charge in [0.05, 0.1) is 10.6 Å². The van der Waals surface area contributed by atoms with E-state index < -0.39 is 15.9 Å². The maximum Gasteiger partial charge on any atom is 0.264 e. The normalized spacial score (nSPS) is 16.5. The fourth-order valence-electron chi connectivity index (χ4n) is 3.29. The van der Waals surface area contributed by atoms with Crippen LogP contribution in [-0.2, 0) is 14.8 Å². The summed E-state index contributed by atoms with van der Waals surface area (Å²) < 4.78 is 27.5. The molecule has 0 spiro atoms. The Kier molecular flexibility index (Phi) is 7.76. The fraction of sp³-hybridized carbons (Fsp3) is 0.318. The van der Waals surface area contributed by atoms with Gasteiger partial charge >= 0.3 is 0 Å². The topological polar surface area (TPSA) is 78.5 Å². The van der Waals surface area contributed by atoms with Crippen molar-refractivity contribution in [1.82, 2.24) is 10.9 Å². The number of anilines is 1. The summed E-state index contributed by atoms with van der Waals surface area (Å²) in [6.07, 6.45) is 8.51. The Bertz CT molecular complexity index is 994. The van der Waals surface area contributed by atoms with Gasteiger partial charge in [0.15, 0.2) is 0 Å². The van der Waals surface area contributed by atoms with E-state index in [1.807, 2.05) is 0 Å². The van der Waals surface area contributed by atoms with Gasteiger partial charge in [-0.25, -0.2) is 8.42 Å². The molecule has 30 heavy (non-hydrogen) atoms. The van der Waals surface area contributed by atoms with E-state index >= 15 is 0 Å². The summed E-state index contributed by atoms with van der Waals surface area (Å²) in [5, 5.41) is 0.388. The third kappa shape index (κ3) is 6.00. The highest BCUT2D eigenvalue weighted by Gasteiger charge is 2.27. The predicted octanol–water partition coefficient (Wildman–Crippen LogP) is 4.39. The number of sulfonamides is 1. The maximum atomic E-state index is 13.2. The Hall–Kier alpha value is -2.51. The molecule has 0 aromatic heterocycles. The Morgan fingerprint density at radius 2 is 1.77 bits per heavy atom. The van der Waals surface area contributed by atoms with Gasteiger partial charge in [0, 0.05) is 10.7 Å². The van der Waals surface area contributed by atoms with Crippen LogP contribution in [0.15, 0.2) is 71.3 Å². The minimum absolute atomic E-state index is 0.105. The summed E-state index contributed by atoms with van der Waals surface area (Å²) in [5.41, 5.74) is 6.89. The van der Waals surface area contributed by atoms with Crippen LogP contribution in [0.1, 0.15) is 38.5 Å². The van der Waals surface area contributed by atoms with Crippen LogP contribution >= 0.6 is 11.6 Å². The van der Waals surface area contributed by atoms with Crippen LogP contribution < -0.4 is 15.2 Å². The fourth-order valence-corrected chi connectivity index (χ4v) is 4.91. The largest absolute Gasteiger partial charge is 0.303 e. The molecule has 2 aromatic carbocycles. The molecule has 160 valence electrons. The zero-order valence-corrected chi connectivity index (χ0v) is 18.3.